The number of likely N-dealkylation sites (N-methyl/N-ethyl adjacent to an activating group) is 1. The van der Waals surface area contributed by atoms with Crippen LogP contribution in [0.2, 0.25) is 0 Å². The fourth-order valence-corrected chi connectivity index (χ4v) is 2.80. The van der Waals surface area contributed by atoms with Gasteiger partial charge in [0.25, 0.3) is 0 Å². The van der Waals surface area contributed by atoms with Gasteiger partial charge in [-0.2, -0.15) is 5.10 Å². The first-order valence-electron chi connectivity index (χ1n) is 7.15. The Kier molecular flexibility index (Phi) is 4.27. The van der Waals surface area contributed by atoms with Crippen molar-refractivity contribution in [2.24, 2.45) is 11.7 Å². The average molecular weight is 281 g/mol. The molecular formula is C13H23N5O2. The third kappa shape index (κ3) is 2.63. The van der Waals surface area contributed by atoms with Crippen LogP contribution in [-0.4, -0.2) is 34.3 Å². The van der Waals surface area contributed by atoms with Gasteiger partial charge in [-0.1, -0.05) is 6.92 Å². The molecule has 0 bridgehead atoms. The van der Waals surface area contributed by atoms with Gasteiger partial charge < -0.3 is 10.6 Å². The molecule has 0 amide bonds. The maximum Gasteiger partial charge on any atom is 0.333 e. The van der Waals surface area contributed by atoms with Crippen LogP contribution in [0.4, 0.5) is 11.5 Å². The molecule has 1 fully saturated rings. The second-order valence-corrected chi connectivity index (χ2v) is 5.49. The van der Waals surface area contributed by atoms with Gasteiger partial charge in [-0.25, -0.2) is 4.68 Å². The molecule has 1 aromatic heterocycles. The number of aromatic nitrogens is 2. The SMILES string of the molecule is CCCn1nc(C)c([N+](=O)[O-])c1N(C)C(CN)C1CC1. The van der Waals surface area contributed by atoms with Crippen LogP contribution in [-0.2, 0) is 6.54 Å². The van der Waals surface area contributed by atoms with Crippen molar-refractivity contribution < 1.29 is 4.92 Å². The molecule has 0 spiro atoms. The molecule has 2 rings (SSSR count). The molecular weight excluding hydrogens is 258 g/mol. The molecule has 112 valence electrons. The van der Waals surface area contributed by atoms with Crippen LogP contribution in [0.15, 0.2) is 0 Å². The van der Waals surface area contributed by atoms with Crippen molar-refractivity contribution in [1.82, 2.24) is 9.78 Å². The quantitative estimate of drug-likeness (QED) is 0.606. The highest BCUT2D eigenvalue weighted by Crippen LogP contribution is 2.39. The molecule has 1 atom stereocenters. The van der Waals surface area contributed by atoms with Gasteiger partial charge in [0, 0.05) is 26.2 Å². The summed E-state index contributed by atoms with van der Waals surface area (Å²) in [6.07, 6.45) is 3.19. The molecule has 7 nitrogen and oxygen atoms in total. The Morgan fingerprint density at radius 3 is 2.70 bits per heavy atom. The van der Waals surface area contributed by atoms with E-state index in [0.29, 0.717) is 30.5 Å². The zero-order chi connectivity index (χ0) is 14.9. The van der Waals surface area contributed by atoms with Gasteiger partial charge in [-0.3, -0.25) is 10.1 Å². The first-order chi connectivity index (χ1) is 9.51. The molecule has 1 aromatic rings. The van der Waals surface area contributed by atoms with Crippen molar-refractivity contribution in [3.05, 3.63) is 15.8 Å². The molecule has 1 aliphatic rings. The van der Waals surface area contributed by atoms with Crippen LogP contribution in [0.25, 0.3) is 0 Å². The van der Waals surface area contributed by atoms with Gasteiger partial charge in [-0.15, -0.1) is 0 Å². The van der Waals surface area contributed by atoms with Crippen LogP contribution >= 0.6 is 0 Å². The van der Waals surface area contributed by atoms with Gasteiger partial charge in [0.05, 0.1) is 4.92 Å². The molecule has 20 heavy (non-hydrogen) atoms. The summed E-state index contributed by atoms with van der Waals surface area (Å²) in [7, 11) is 1.89. The lowest BCUT2D eigenvalue weighted by molar-refractivity contribution is -0.384. The summed E-state index contributed by atoms with van der Waals surface area (Å²) in [5.41, 5.74) is 6.45. The van der Waals surface area contributed by atoms with E-state index in [1.165, 1.54) is 0 Å². The second-order valence-electron chi connectivity index (χ2n) is 5.49. The van der Waals surface area contributed by atoms with E-state index in [2.05, 4.69) is 5.10 Å². The molecule has 0 radical (unpaired) electrons. The summed E-state index contributed by atoms with van der Waals surface area (Å²) in [6, 6.07) is 0.153. The topological polar surface area (TPSA) is 90.2 Å². The monoisotopic (exact) mass is 281 g/mol. The average Bonchev–Trinajstić information content (AvgIpc) is 3.14. The zero-order valence-electron chi connectivity index (χ0n) is 12.4. The van der Waals surface area contributed by atoms with Gasteiger partial charge in [0.1, 0.15) is 5.69 Å². The van der Waals surface area contributed by atoms with Crippen LogP contribution < -0.4 is 10.6 Å². The number of anilines is 1. The number of aryl methyl sites for hydroxylation is 2. The lowest BCUT2D eigenvalue weighted by Crippen LogP contribution is -2.41. The largest absolute Gasteiger partial charge is 0.350 e. The number of rotatable bonds is 7. The molecule has 1 saturated carbocycles. The minimum atomic E-state index is -0.333. The van der Waals surface area contributed by atoms with E-state index in [4.69, 9.17) is 5.73 Å². The molecule has 1 aliphatic carbocycles. The van der Waals surface area contributed by atoms with Gasteiger partial charge in [0.2, 0.25) is 5.82 Å². The minimum absolute atomic E-state index is 0.111. The van der Waals surface area contributed by atoms with Crippen molar-refractivity contribution in [2.45, 2.75) is 45.7 Å². The van der Waals surface area contributed by atoms with E-state index in [9.17, 15) is 10.1 Å². The summed E-state index contributed by atoms with van der Waals surface area (Å²) in [6.45, 7) is 4.91. The molecule has 1 unspecified atom stereocenters. The third-order valence-corrected chi connectivity index (χ3v) is 3.93. The van der Waals surface area contributed by atoms with Crippen LogP contribution in [0.3, 0.4) is 0 Å². The van der Waals surface area contributed by atoms with Gasteiger partial charge in [0.15, 0.2) is 0 Å². The highest BCUT2D eigenvalue weighted by molar-refractivity contribution is 5.61. The van der Waals surface area contributed by atoms with Crippen molar-refractivity contribution >= 4 is 11.5 Å². The van der Waals surface area contributed by atoms with Gasteiger partial charge in [-0.05, 0) is 32.1 Å². The summed E-state index contributed by atoms with van der Waals surface area (Å²) >= 11 is 0. The van der Waals surface area contributed by atoms with Crippen molar-refractivity contribution in [3.8, 4) is 0 Å². The number of hydrogen-bond acceptors (Lipinski definition) is 5. The van der Waals surface area contributed by atoms with E-state index >= 15 is 0 Å². The van der Waals surface area contributed by atoms with E-state index < -0.39 is 0 Å². The Hall–Kier alpha value is -1.63. The van der Waals surface area contributed by atoms with Crippen molar-refractivity contribution in [3.63, 3.8) is 0 Å². The smallest absolute Gasteiger partial charge is 0.333 e. The fourth-order valence-electron chi connectivity index (χ4n) is 2.80. The predicted molar refractivity (Wildman–Crippen MR) is 77.9 cm³/mol. The maximum atomic E-state index is 11.4. The standard InChI is InChI=1S/C13H23N5O2/c1-4-7-17-13(12(18(19)20)9(2)15-17)16(3)11(8-14)10-5-6-10/h10-11H,4-8,14H2,1-3H3. The Labute approximate surface area is 118 Å². The third-order valence-electron chi connectivity index (χ3n) is 3.93. The number of nitrogens with two attached hydrogens (primary N) is 1. The van der Waals surface area contributed by atoms with Crippen LogP contribution in [0.1, 0.15) is 31.9 Å². The Morgan fingerprint density at radius 1 is 1.60 bits per heavy atom. The lowest BCUT2D eigenvalue weighted by atomic mass is 10.1. The number of nitrogens with zero attached hydrogens (tertiary/aromatic N) is 4. The Balaban J connectivity index is 2.43. The summed E-state index contributed by atoms with van der Waals surface area (Å²) < 4.78 is 1.75. The fraction of sp³-hybridized carbons (Fsp3) is 0.769. The first kappa shape index (κ1) is 14.8. The first-order valence-corrected chi connectivity index (χ1v) is 7.15. The molecule has 0 aromatic carbocycles. The summed E-state index contributed by atoms with van der Waals surface area (Å²) in [5, 5.41) is 15.7. The normalized spacial score (nSPS) is 16.2. The van der Waals surface area contributed by atoms with Crippen molar-refractivity contribution in [1.29, 1.82) is 0 Å². The zero-order valence-corrected chi connectivity index (χ0v) is 12.4. The minimum Gasteiger partial charge on any atom is -0.350 e. The Bertz CT molecular complexity index is 495. The number of nitro groups is 1. The lowest BCUT2D eigenvalue weighted by Gasteiger charge is -2.28. The highest BCUT2D eigenvalue weighted by atomic mass is 16.6. The van der Waals surface area contributed by atoms with E-state index in [0.717, 1.165) is 19.3 Å². The molecule has 0 saturated heterocycles. The van der Waals surface area contributed by atoms with Crippen molar-refractivity contribution in [2.75, 3.05) is 18.5 Å². The maximum absolute atomic E-state index is 11.4. The van der Waals surface area contributed by atoms with E-state index in [1.54, 1.807) is 11.6 Å². The Morgan fingerprint density at radius 2 is 2.25 bits per heavy atom. The number of hydrogen-bond donors (Lipinski definition) is 1. The second kappa shape index (κ2) is 5.78. The van der Waals surface area contributed by atoms with Crippen LogP contribution in [0.5, 0.6) is 0 Å². The van der Waals surface area contributed by atoms with Crippen LogP contribution in [0, 0.1) is 23.0 Å². The predicted octanol–water partition coefficient (Wildman–Crippen LogP) is 1.68. The molecule has 7 heteroatoms. The van der Waals surface area contributed by atoms with E-state index in [-0.39, 0.29) is 16.7 Å². The highest BCUT2D eigenvalue weighted by Gasteiger charge is 2.37. The summed E-state index contributed by atoms with van der Waals surface area (Å²) in [5.74, 6) is 1.14. The molecule has 2 N–H and O–H groups in total. The van der Waals surface area contributed by atoms with Gasteiger partial charge >= 0.3 is 5.69 Å². The molecule has 0 aliphatic heterocycles. The van der Waals surface area contributed by atoms with E-state index in [1.807, 2.05) is 18.9 Å². The summed E-state index contributed by atoms with van der Waals surface area (Å²) in [4.78, 5) is 13.0. The molecule has 1 heterocycles.